The number of nitrogens with one attached hydrogen (secondary N) is 2. The quantitative estimate of drug-likeness (QED) is 0.398. The van der Waals surface area contributed by atoms with Crippen LogP contribution in [0.4, 0.5) is 35.0 Å². The topological polar surface area (TPSA) is 86.4 Å². The fourth-order valence-electron chi connectivity index (χ4n) is 4.23. The van der Waals surface area contributed by atoms with E-state index in [0.717, 1.165) is 63.3 Å². The van der Waals surface area contributed by atoms with Gasteiger partial charge in [-0.1, -0.05) is 32.0 Å². The minimum Gasteiger partial charge on any atom is -0.448 e. The van der Waals surface area contributed by atoms with E-state index in [2.05, 4.69) is 43.9 Å². The van der Waals surface area contributed by atoms with Gasteiger partial charge < -0.3 is 24.6 Å². The molecule has 3 rings (SSSR count). The number of rotatable bonds is 12. The number of anilines is 3. The van der Waals surface area contributed by atoms with E-state index in [9.17, 15) is 22.8 Å². The first-order chi connectivity index (χ1) is 18.7. The van der Waals surface area contributed by atoms with Crippen LogP contribution in [-0.4, -0.2) is 87.1 Å². The Morgan fingerprint density at radius 1 is 0.974 bits per heavy atom. The maximum Gasteiger partial charge on any atom is 0.573 e. The van der Waals surface area contributed by atoms with Gasteiger partial charge in [0.05, 0.1) is 5.69 Å². The molecule has 1 fully saturated rings. The number of hydrogen-bond acceptors (Lipinski definition) is 7. The lowest BCUT2D eigenvalue weighted by Crippen LogP contribution is -2.47. The molecule has 2 aromatic carbocycles. The number of halogens is 3. The molecule has 214 valence electrons. The molecule has 0 saturated carbocycles. The Morgan fingerprint density at radius 3 is 2.38 bits per heavy atom. The lowest BCUT2D eigenvalue weighted by molar-refractivity contribution is -0.274. The zero-order valence-electron chi connectivity index (χ0n) is 22.3. The Bertz CT molecular complexity index is 1070. The van der Waals surface area contributed by atoms with Crippen molar-refractivity contribution in [3.63, 3.8) is 0 Å². The summed E-state index contributed by atoms with van der Waals surface area (Å²) < 4.78 is 46.8. The Hall–Kier alpha value is -3.51. The van der Waals surface area contributed by atoms with Crippen LogP contribution in [-0.2, 0) is 9.53 Å². The zero-order valence-corrected chi connectivity index (χ0v) is 22.3. The van der Waals surface area contributed by atoms with Gasteiger partial charge in [-0.25, -0.2) is 4.79 Å². The van der Waals surface area contributed by atoms with E-state index in [1.807, 2.05) is 24.3 Å². The summed E-state index contributed by atoms with van der Waals surface area (Å²) >= 11 is 0. The van der Waals surface area contributed by atoms with Crippen molar-refractivity contribution in [2.24, 2.45) is 0 Å². The maximum atomic E-state index is 12.6. The molecule has 2 aromatic rings. The standard InChI is InChI=1S/C27H36F3N5O4/c1-3-33(4-2)13-12-25(36)31-21-8-7-9-22(20-21)35-16-14-34(15-17-35)18-19-38-26(37)32-23-10-5-6-11-24(23)39-27(28,29)30/h5-11,20H,3-4,12-19H2,1-2H3,(H,31,36)(H,32,37). The monoisotopic (exact) mass is 551 g/mol. The highest BCUT2D eigenvalue weighted by molar-refractivity contribution is 5.91. The molecule has 1 heterocycles. The summed E-state index contributed by atoms with van der Waals surface area (Å²) in [6, 6.07) is 13.0. The molecule has 0 radical (unpaired) electrons. The van der Waals surface area contributed by atoms with Crippen molar-refractivity contribution in [3.05, 3.63) is 48.5 Å². The predicted molar refractivity (Wildman–Crippen MR) is 144 cm³/mol. The molecule has 2 N–H and O–H groups in total. The van der Waals surface area contributed by atoms with Crippen LogP contribution in [0.1, 0.15) is 20.3 Å². The second kappa shape index (κ2) is 14.6. The van der Waals surface area contributed by atoms with Crippen LogP contribution in [0.25, 0.3) is 0 Å². The number of carbonyl (C=O) groups excluding carboxylic acids is 2. The van der Waals surface area contributed by atoms with Gasteiger partial charge in [0.1, 0.15) is 6.61 Å². The number of nitrogens with zero attached hydrogens (tertiary/aromatic N) is 3. The lowest BCUT2D eigenvalue weighted by Gasteiger charge is -2.36. The summed E-state index contributed by atoms with van der Waals surface area (Å²) in [6.45, 7) is 10.3. The first-order valence-corrected chi connectivity index (χ1v) is 13.0. The van der Waals surface area contributed by atoms with Crippen LogP contribution in [0.15, 0.2) is 48.5 Å². The van der Waals surface area contributed by atoms with Gasteiger partial charge in [-0.2, -0.15) is 0 Å². The van der Waals surface area contributed by atoms with Crippen molar-refractivity contribution in [1.29, 1.82) is 0 Å². The van der Waals surface area contributed by atoms with E-state index in [4.69, 9.17) is 4.74 Å². The van der Waals surface area contributed by atoms with E-state index >= 15 is 0 Å². The Labute approximate surface area is 226 Å². The molecular weight excluding hydrogens is 515 g/mol. The molecule has 9 nitrogen and oxygen atoms in total. The average Bonchev–Trinajstić information content (AvgIpc) is 2.90. The zero-order chi connectivity index (χ0) is 28.3. The molecular formula is C27H36F3N5O4. The van der Waals surface area contributed by atoms with Crippen molar-refractivity contribution in [2.75, 3.05) is 74.5 Å². The minimum absolute atomic E-state index is 0.00993. The molecule has 0 bridgehead atoms. The molecule has 39 heavy (non-hydrogen) atoms. The number of piperazine rings is 1. The number of para-hydroxylation sites is 2. The fourth-order valence-corrected chi connectivity index (χ4v) is 4.23. The number of amides is 2. The highest BCUT2D eigenvalue weighted by atomic mass is 19.4. The van der Waals surface area contributed by atoms with Crippen LogP contribution >= 0.6 is 0 Å². The first-order valence-electron chi connectivity index (χ1n) is 13.0. The molecule has 12 heteroatoms. The van der Waals surface area contributed by atoms with E-state index in [1.165, 1.54) is 18.2 Å². The lowest BCUT2D eigenvalue weighted by atomic mass is 10.2. The molecule has 2 amide bonds. The van der Waals surface area contributed by atoms with Crippen LogP contribution in [0.5, 0.6) is 5.75 Å². The Morgan fingerprint density at radius 2 is 1.69 bits per heavy atom. The van der Waals surface area contributed by atoms with Crippen molar-refractivity contribution in [3.8, 4) is 5.75 Å². The highest BCUT2D eigenvalue weighted by Crippen LogP contribution is 2.30. The largest absolute Gasteiger partial charge is 0.573 e. The van der Waals surface area contributed by atoms with E-state index < -0.39 is 18.2 Å². The highest BCUT2D eigenvalue weighted by Gasteiger charge is 2.32. The van der Waals surface area contributed by atoms with Gasteiger partial charge in [0.2, 0.25) is 5.91 Å². The van der Waals surface area contributed by atoms with Crippen molar-refractivity contribution in [1.82, 2.24) is 9.80 Å². The molecule has 0 unspecified atom stereocenters. The first kappa shape index (κ1) is 30.0. The van der Waals surface area contributed by atoms with Crippen molar-refractivity contribution in [2.45, 2.75) is 26.6 Å². The third kappa shape index (κ3) is 10.3. The third-order valence-electron chi connectivity index (χ3n) is 6.41. The summed E-state index contributed by atoms with van der Waals surface area (Å²) in [5.41, 5.74) is 1.66. The molecule has 0 atom stereocenters. The smallest absolute Gasteiger partial charge is 0.448 e. The maximum absolute atomic E-state index is 12.6. The predicted octanol–water partition coefficient (Wildman–Crippen LogP) is 4.63. The van der Waals surface area contributed by atoms with Gasteiger partial charge >= 0.3 is 12.5 Å². The summed E-state index contributed by atoms with van der Waals surface area (Å²) in [4.78, 5) is 31.0. The number of carbonyl (C=O) groups is 2. The molecule has 1 aliphatic heterocycles. The van der Waals surface area contributed by atoms with Gasteiger partial charge in [0, 0.05) is 57.1 Å². The Balaban J connectivity index is 1.39. The third-order valence-corrected chi connectivity index (χ3v) is 6.41. The normalized spacial score (nSPS) is 14.3. The van der Waals surface area contributed by atoms with Crippen LogP contribution in [0.3, 0.4) is 0 Å². The summed E-state index contributed by atoms with van der Waals surface area (Å²) in [5, 5.41) is 5.28. The van der Waals surface area contributed by atoms with Gasteiger partial charge in [-0.3, -0.25) is 15.0 Å². The Kier molecular flexibility index (Phi) is 11.2. The molecule has 0 aliphatic carbocycles. The summed E-state index contributed by atoms with van der Waals surface area (Å²) in [5.74, 6) is -0.523. The summed E-state index contributed by atoms with van der Waals surface area (Å²) in [7, 11) is 0. The fraction of sp³-hybridized carbons (Fsp3) is 0.481. The molecule has 1 aliphatic rings. The summed E-state index contributed by atoms with van der Waals surface area (Å²) in [6.07, 6.45) is -5.29. The number of benzene rings is 2. The van der Waals surface area contributed by atoms with Gasteiger partial charge in [0.25, 0.3) is 0 Å². The van der Waals surface area contributed by atoms with E-state index in [1.54, 1.807) is 0 Å². The number of ether oxygens (including phenoxy) is 2. The average molecular weight is 552 g/mol. The van der Waals surface area contributed by atoms with Gasteiger partial charge in [-0.15, -0.1) is 13.2 Å². The van der Waals surface area contributed by atoms with Gasteiger partial charge in [-0.05, 0) is 43.4 Å². The van der Waals surface area contributed by atoms with Gasteiger partial charge in [0.15, 0.2) is 5.75 Å². The van der Waals surface area contributed by atoms with Crippen LogP contribution in [0.2, 0.25) is 0 Å². The SMILES string of the molecule is CCN(CC)CCC(=O)Nc1cccc(N2CCN(CCOC(=O)Nc3ccccc3OC(F)(F)F)CC2)c1. The van der Waals surface area contributed by atoms with E-state index in [0.29, 0.717) is 13.0 Å². The molecule has 1 saturated heterocycles. The second-order valence-electron chi connectivity index (χ2n) is 9.01. The van der Waals surface area contributed by atoms with Crippen molar-refractivity contribution < 1.29 is 32.2 Å². The number of alkyl halides is 3. The van der Waals surface area contributed by atoms with Crippen LogP contribution < -0.4 is 20.3 Å². The molecule has 0 spiro atoms. The number of hydrogen-bond donors (Lipinski definition) is 2. The van der Waals surface area contributed by atoms with E-state index in [-0.39, 0.29) is 18.2 Å². The van der Waals surface area contributed by atoms with Crippen molar-refractivity contribution >= 4 is 29.1 Å². The minimum atomic E-state index is -4.87. The second-order valence-corrected chi connectivity index (χ2v) is 9.01. The molecule has 0 aromatic heterocycles. The van der Waals surface area contributed by atoms with Crippen LogP contribution in [0, 0.1) is 0 Å².